The van der Waals surface area contributed by atoms with Gasteiger partial charge in [-0.3, -0.25) is 9.97 Å². The van der Waals surface area contributed by atoms with Gasteiger partial charge < -0.3 is 10.4 Å². The fourth-order valence-electron chi connectivity index (χ4n) is 1.72. The van der Waals surface area contributed by atoms with Gasteiger partial charge in [-0.1, -0.05) is 11.6 Å². The summed E-state index contributed by atoms with van der Waals surface area (Å²) >= 11 is 5.93. The second-order valence-corrected chi connectivity index (χ2v) is 4.59. The first-order valence-corrected chi connectivity index (χ1v) is 6.38. The molecule has 0 aliphatic rings. The lowest BCUT2D eigenvalue weighted by atomic mass is 10.1. The Morgan fingerprint density at radius 2 is 2.16 bits per heavy atom. The highest BCUT2D eigenvalue weighted by Crippen LogP contribution is 2.28. The minimum Gasteiger partial charge on any atom is -0.396 e. The average Bonchev–Trinajstić information content (AvgIpc) is 2.40. The quantitative estimate of drug-likeness (QED) is 0.822. The van der Waals surface area contributed by atoms with Crippen molar-refractivity contribution in [1.82, 2.24) is 15.0 Å². The van der Waals surface area contributed by atoms with E-state index in [0.717, 1.165) is 16.9 Å². The third-order valence-electron chi connectivity index (χ3n) is 2.67. The smallest absolute Gasteiger partial charge is 0.131 e. The number of nitrogens with zero attached hydrogens (tertiary/aromatic N) is 3. The van der Waals surface area contributed by atoms with Gasteiger partial charge in [-0.05, 0) is 19.4 Å². The maximum absolute atomic E-state index is 8.95. The molecule has 100 valence electrons. The minimum atomic E-state index is 0.124. The molecule has 0 radical (unpaired) electrons. The van der Waals surface area contributed by atoms with Crippen LogP contribution in [0.2, 0.25) is 5.15 Å². The largest absolute Gasteiger partial charge is 0.396 e. The molecule has 0 saturated carbocycles. The number of rotatable bonds is 5. The lowest BCUT2D eigenvalue weighted by Crippen LogP contribution is -2.17. The van der Waals surface area contributed by atoms with Crippen LogP contribution in [0.4, 0.5) is 5.69 Å². The molecule has 2 aromatic heterocycles. The zero-order chi connectivity index (χ0) is 13.7. The van der Waals surface area contributed by atoms with E-state index in [1.54, 1.807) is 30.9 Å². The maximum atomic E-state index is 8.95. The summed E-state index contributed by atoms with van der Waals surface area (Å²) < 4.78 is 0. The summed E-state index contributed by atoms with van der Waals surface area (Å²) in [5, 5.41) is 12.7. The van der Waals surface area contributed by atoms with Crippen molar-refractivity contribution < 1.29 is 5.11 Å². The summed E-state index contributed by atoms with van der Waals surface area (Å²) in [4.78, 5) is 12.4. The van der Waals surface area contributed by atoms with E-state index in [0.29, 0.717) is 11.6 Å². The van der Waals surface area contributed by atoms with Crippen LogP contribution in [0.25, 0.3) is 11.3 Å². The molecule has 0 fully saturated rings. The molecule has 2 heterocycles. The van der Waals surface area contributed by atoms with E-state index in [9.17, 15) is 0 Å². The number of anilines is 1. The molecule has 0 bridgehead atoms. The predicted octanol–water partition coefficient (Wildman–Crippen LogP) is 2.37. The van der Waals surface area contributed by atoms with E-state index in [4.69, 9.17) is 16.7 Å². The summed E-state index contributed by atoms with van der Waals surface area (Å²) in [6.07, 6.45) is 7.24. The highest BCUT2D eigenvalue weighted by atomic mass is 35.5. The number of halogens is 1. The van der Waals surface area contributed by atoms with Gasteiger partial charge in [-0.2, -0.15) is 0 Å². The Morgan fingerprint density at radius 1 is 1.32 bits per heavy atom. The lowest BCUT2D eigenvalue weighted by Gasteiger charge is -2.17. The lowest BCUT2D eigenvalue weighted by molar-refractivity contribution is 0.282. The van der Waals surface area contributed by atoms with Crippen LogP contribution in [-0.4, -0.2) is 32.7 Å². The Morgan fingerprint density at radius 3 is 2.84 bits per heavy atom. The second kappa shape index (κ2) is 6.45. The molecule has 0 aliphatic carbocycles. The van der Waals surface area contributed by atoms with Crippen LogP contribution in [0.5, 0.6) is 0 Å². The molecule has 5 nitrogen and oxygen atoms in total. The molecule has 6 heteroatoms. The summed E-state index contributed by atoms with van der Waals surface area (Å²) in [5.41, 5.74) is 2.40. The number of pyridine rings is 1. The van der Waals surface area contributed by atoms with Crippen molar-refractivity contribution in [3.05, 3.63) is 36.0 Å². The predicted molar refractivity (Wildman–Crippen MR) is 75.1 cm³/mol. The fraction of sp³-hybridized carbons (Fsp3) is 0.308. The van der Waals surface area contributed by atoms with Gasteiger partial charge in [0, 0.05) is 42.5 Å². The van der Waals surface area contributed by atoms with Crippen molar-refractivity contribution in [2.24, 2.45) is 0 Å². The molecule has 0 spiro atoms. The van der Waals surface area contributed by atoms with Crippen molar-refractivity contribution in [3.8, 4) is 11.3 Å². The molecule has 0 saturated heterocycles. The van der Waals surface area contributed by atoms with Gasteiger partial charge in [0.25, 0.3) is 0 Å². The van der Waals surface area contributed by atoms with Gasteiger partial charge in [0.2, 0.25) is 0 Å². The van der Waals surface area contributed by atoms with Gasteiger partial charge in [0.15, 0.2) is 0 Å². The molecule has 0 aromatic carbocycles. The molecule has 2 rings (SSSR count). The van der Waals surface area contributed by atoms with E-state index in [1.165, 1.54) is 0 Å². The van der Waals surface area contributed by atoms with Crippen LogP contribution in [0, 0.1) is 0 Å². The Bertz CT molecular complexity index is 535. The van der Waals surface area contributed by atoms with Crippen molar-refractivity contribution in [1.29, 1.82) is 0 Å². The first-order valence-electron chi connectivity index (χ1n) is 6.00. The summed E-state index contributed by atoms with van der Waals surface area (Å²) in [6.45, 7) is 2.12. The second-order valence-electron chi connectivity index (χ2n) is 4.20. The van der Waals surface area contributed by atoms with Crippen molar-refractivity contribution in [2.45, 2.75) is 19.4 Å². The molecule has 2 N–H and O–H groups in total. The molecule has 0 unspecified atom stereocenters. The van der Waals surface area contributed by atoms with Gasteiger partial charge in [-0.25, -0.2) is 4.98 Å². The molecule has 19 heavy (non-hydrogen) atoms. The highest BCUT2D eigenvalue weighted by Gasteiger charge is 2.10. The monoisotopic (exact) mass is 278 g/mol. The number of nitrogens with one attached hydrogen (secondary N) is 1. The van der Waals surface area contributed by atoms with E-state index in [1.807, 2.05) is 6.92 Å². The zero-order valence-corrected chi connectivity index (χ0v) is 11.3. The molecule has 0 aliphatic heterocycles. The number of aromatic nitrogens is 3. The average molecular weight is 279 g/mol. The molecule has 0 amide bonds. The topological polar surface area (TPSA) is 70.9 Å². The summed E-state index contributed by atoms with van der Waals surface area (Å²) in [7, 11) is 0. The first kappa shape index (κ1) is 13.7. The number of aliphatic hydroxyl groups is 1. The van der Waals surface area contributed by atoms with E-state index < -0.39 is 0 Å². The van der Waals surface area contributed by atoms with Crippen molar-refractivity contribution in [2.75, 3.05) is 11.9 Å². The van der Waals surface area contributed by atoms with Gasteiger partial charge in [-0.15, -0.1) is 0 Å². The first-order chi connectivity index (χ1) is 9.20. The Hall–Kier alpha value is -1.72. The van der Waals surface area contributed by atoms with Crippen LogP contribution < -0.4 is 5.32 Å². The highest BCUT2D eigenvalue weighted by molar-refractivity contribution is 6.29. The minimum absolute atomic E-state index is 0.124. The number of aliphatic hydroxyl groups excluding tert-OH is 1. The zero-order valence-electron chi connectivity index (χ0n) is 10.5. The Kier molecular flexibility index (Phi) is 4.65. The van der Waals surface area contributed by atoms with Crippen LogP contribution in [0.3, 0.4) is 0 Å². The molecule has 1 atom stereocenters. The van der Waals surface area contributed by atoms with Gasteiger partial charge >= 0.3 is 0 Å². The van der Waals surface area contributed by atoms with Crippen LogP contribution >= 0.6 is 11.6 Å². The SMILES string of the molecule is C[C@@H](CCO)Nc1cc(Cl)ncc1-c1cnccn1. The van der Waals surface area contributed by atoms with Gasteiger partial charge in [0.1, 0.15) is 5.15 Å². The van der Waals surface area contributed by atoms with E-state index in [-0.39, 0.29) is 12.6 Å². The molecular weight excluding hydrogens is 264 g/mol. The van der Waals surface area contributed by atoms with Crippen LogP contribution in [0.15, 0.2) is 30.9 Å². The summed E-state index contributed by atoms with van der Waals surface area (Å²) in [5.74, 6) is 0. The van der Waals surface area contributed by atoms with Crippen LogP contribution in [-0.2, 0) is 0 Å². The van der Waals surface area contributed by atoms with Gasteiger partial charge in [0.05, 0.1) is 11.9 Å². The maximum Gasteiger partial charge on any atom is 0.131 e. The number of hydrogen-bond acceptors (Lipinski definition) is 5. The Labute approximate surface area is 116 Å². The standard InChI is InChI=1S/C13H15ClN4O/c1-9(2-5-19)18-11-6-13(14)17-7-10(11)12-8-15-3-4-16-12/h3-4,6-9,19H,2,5H2,1H3,(H,17,18)/t9-/m0/s1. The normalized spacial score (nSPS) is 12.2. The number of hydrogen-bond donors (Lipinski definition) is 2. The van der Waals surface area contributed by atoms with Crippen LogP contribution in [0.1, 0.15) is 13.3 Å². The fourth-order valence-corrected chi connectivity index (χ4v) is 1.88. The third kappa shape index (κ3) is 3.62. The van der Waals surface area contributed by atoms with E-state index in [2.05, 4.69) is 20.3 Å². The van der Waals surface area contributed by atoms with Crippen molar-refractivity contribution in [3.63, 3.8) is 0 Å². The van der Waals surface area contributed by atoms with Crippen molar-refractivity contribution >= 4 is 17.3 Å². The molecular formula is C13H15ClN4O. The van der Waals surface area contributed by atoms with E-state index >= 15 is 0 Å². The molecule has 2 aromatic rings. The Balaban J connectivity index is 2.33. The summed E-state index contributed by atoms with van der Waals surface area (Å²) in [6, 6.07) is 1.87. The third-order valence-corrected chi connectivity index (χ3v) is 2.88.